The number of rotatable bonds is 6. The number of hydrogen-bond acceptors (Lipinski definition) is 5. The lowest BCUT2D eigenvalue weighted by Gasteiger charge is -2.10. The standard InChI is InChI=1S/C15H18ClN5O2S/c1-9(2)21-8-17-20-15(21)24-7-14(23)19-11-4-5-13(12(16)6-11)18-10(3)22/h4-6,8-9H,7H2,1-3H3,(H,18,22)(H,19,23). The minimum atomic E-state index is -0.209. The van der Waals surface area contributed by atoms with Crippen molar-refractivity contribution in [2.75, 3.05) is 16.4 Å². The molecular weight excluding hydrogens is 350 g/mol. The number of nitrogens with zero attached hydrogens (tertiary/aromatic N) is 3. The maximum absolute atomic E-state index is 12.1. The Morgan fingerprint density at radius 1 is 1.33 bits per heavy atom. The third-order valence-electron chi connectivity index (χ3n) is 2.99. The minimum Gasteiger partial charge on any atom is -0.325 e. The van der Waals surface area contributed by atoms with Crippen molar-refractivity contribution in [2.24, 2.45) is 0 Å². The molecular formula is C15H18ClN5O2S. The summed E-state index contributed by atoms with van der Waals surface area (Å²) in [5.74, 6) is -0.183. The van der Waals surface area contributed by atoms with Crippen LogP contribution in [0.15, 0.2) is 29.7 Å². The van der Waals surface area contributed by atoms with Crippen LogP contribution in [0.25, 0.3) is 0 Å². The third kappa shape index (κ3) is 4.97. The Labute approximate surface area is 149 Å². The van der Waals surface area contributed by atoms with Gasteiger partial charge < -0.3 is 15.2 Å². The average Bonchev–Trinajstić information content (AvgIpc) is 2.96. The zero-order valence-corrected chi connectivity index (χ0v) is 15.1. The number of amides is 2. The van der Waals surface area contributed by atoms with E-state index in [1.54, 1.807) is 24.5 Å². The van der Waals surface area contributed by atoms with Crippen LogP contribution in [0.2, 0.25) is 5.02 Å². The highest BCUT2D eigenvalue weighted by molar-refractivity contribution is 7.99. The molecule has 9 heteroatoms. The normalized spacial score (nSPS) is 10.7. The fourth-order valence-corrected chi connectivity index (χ4v) is 2.97. The number of halogens is 1. The zero-order chi connectivity index (χ0) is 17.7. The van der Waals surface area contributed by atoms with Gasteiger partial charge in [-0.05, 0) is 32.0 Å². The summed E-state index contributed by atoms with van der Waals surface area (Å²) >= 11 is 7.39. The molecule has 2 aromatic rings. The van der Waals surface area contributed by atoms with Gasteiger partial charge in [-0.15, -0.1) is 10.2 Å². The Kier molecular flexibility index (Phi) is 6.22. The average molecular weight is 368 g/mol. The number of anilines is 2. The monoisotopic (exact) mass is 367 g/mol. The van der Waals surface area contributed by atoms with Gasteiger partial charge in [0, 0.05) is 18.7 Å². The van der Waals surface area contributed by atoms with Crippen molar-refractivity contribution in [3.8, 4) is 0 Å². The van der Waals surface area contributed by atoms with E-state index < -0.39 is 0 Å². The summed E-state index contributed by atoms with van der Waals surface area (Å²) in [6.45, 7) is 5.44. The van der Waals surface area contributed by atoms with Crippen molar-refractivity contribution in [2.45, 2.75) is 32.0 Å². The SMILES string of the molecule is CC(=O)Nc1ccc(NC(=O)CSc2nncn2C(C)C)cc1Cl. The van der Waals surface area contributed by atoms with Gasteiger partial charge in [0.1, 0.15) is 6.33 Å². The summed E-state index contributed by atoms with van der Waals surface area (Å²) in [7, 11) is 0. The van der Waals surface area contributed by atoms with Gasteiger partial charge in [0.05, 0.1) is 16.5 Å². The first-order valence-corrected chi connectivity index (χ1v) is 8.62. The van der Waals surface area contributed by atoms with Gasteiger partial charge in [-0.3, -0.25) is 9.59 Å². The molecule has 0 bridgehead atoms. The van der Waals surface area contributed by atoms with Gasteiger partial charge in [0.15, 0.2) is 5.16 Å². The summed E-state index contributed by atoms with van der Waals surface area (Å²) in [5.41, 5.74) is 1.06. The Bertz CT molecular complexity index is 747. The molecule has 128 valence electrons. The molecule has 1 aromatic carbocycles. The molecule has 7 nitrogen and oxygen atoms in total. The summed E-state index contributed by atoms with van der Waals surface area (Å²) in [4.78, 5) is 23.1. The van der Waals surface area contributed by atoms with E-state index >= 15 is 0 Å². The molecule has 0 radical (unpaired) electrons. The molecule has 0 saturated heterocycles. The predicted octanol–water partition coefficient (Wildman–Crippen LogP) is 3.20. The molecule has 2 amide bonds. The third-order valence-corrected chi connectivity index (χ3v) is 4.26. The van der Waals surface area contributed by atoms with E-state index in [9.17, 15) is 9.59 Å². The summed E-state index contributed by atoms with van der Waals surface area (Å²) < 4.78 is 1.90. The molecule has 24 heavy (non-hydrogen) atoms. The fourth-order valence-electron chi connectivity index (χ4n) is 1.90. The van der Waals surface area contributed by atoms with E-state index in [4.69, 9.17) is 11.6 Å². The number of carbonyl (C=O) groups is 2. The van der Waals surface area contributed by atoms with Crippen LogP contribution < -0.4 is 10.6 Å². The van der Waals surface area contributed by atoms with Crippen LogP contribution in [0, 0.1) is 0 Å². The first-order valence-electron chi connectivity index (χ1n) is 7.26. The van der Waals surface area contributed by atoms with Crippen LogP contribution >= 0.6 is 23.4 Å². The Morgan fingerprint density at radius 3 is 2.71 bits per heavy atom. The second-order valence-electron chi connectivity index (χ2n) is 5.33. The van der Waals surface area contributed by atoms with Gasteiger partial charge in [-0.2, -0.15) is 0 Å². The Hall–Kier alpha value is -2.06. The molecule has 2 rings (SSSR count). The quantitative estimate of drug-likeness (QED) is 0.765. The maximum Gasteiger partial charge on any atom is 0.234 e. The van der Waals surface area contributed by atoms with Gasteiger partial charge in [0.2, 0.25) is 11.8 Å². The predicted molar refractivity (Wildman–Crippen MR) is 95.5 cm³/mol. The number of thioether (sulfide) groups is 1. The van der Waals surface area contributed by atoms with Gasteiger partial charge in [0.25, 0.3) is 0 Å². The molecule has 1 aromatic heterocycles. The number of nitrogens with one attached hydrogen (secondary N) is 2. The molecule has 0 aliphatic rings. The topological polar surface area (TPSA) is 88.9 Å². The van der Waals surface area contributed by atoms with E-state index in [0.717, 1.165) is 0 Å². The van der Waals surface area contributed by atoms with Crippen molar-refractivity contribution in [1.82, 2.24) is 14.8 Å². The number of aromatic nitrogens is 3. The molecule has 0 saturated carbocycles. The first-order chi connectivity index (χ1) is 11.4. The lowest BCUT2D eigenvalue weighted by atomic mass is 10.2. The smallest absolute Gasteiger partial charge is 0.234 e. The van der Waals surface area contributed by atoms with Crippen molar-refractivity contribution < 1.29 is 9.59 Å². The van der Waals surface area contributed by atoms with E-state index in [0.29, 0.717) is 21.6 Å². The minimum absolute atomic E-state index is 0.179. The Balaban J connectivity index is 1.94. The number of benzene rings is 1. The molecule has 0 unspecified atom stereocenters. The van der Waals surface area contributed by atoms with Crippen LogP contribution in [0.1, 0.15) is 26.8 Å². The lowest BCUT2D eigenvalue weighted by molar-refractivity contribution is -0.114. The fraction of sp³-hybridized carbons (Fsp3) is 0.333. The van der Waals surface area contributed by atoms with Gasteiger partial charge in [-0.1, -0.05) is 23.4 Å². The van der Waals surface area contributed by atoms with Crippen molar-refractivity contribution >= 4 is 46.6 Å². The summed E-state index contributed by atoms with van der Waals surface area (Å²) in [5, 5.41) is 14.3. The molecule has 0 aliphatic heterocycles. The number of carbonyl (C=O) groups excluding carboxylic acids is 2. The second kappa shape index (κ2) is 8.16. The van der Waals surface area contributed by atoms with Gasteiger partial charge in [-0.25, -0.2) is 0 Å². The molecule has 0 aliphatic carbocycles. The second-order valence-corrected chi connectivity index (χ2v) is 6.68. The largest absolute Gasteiger partial charge is 0.325 e. The molecule has 1 heterocycles. The van der Waals surface area contributed by atoms with Crippen LogP contribution in [-0.2, 0) is 9.59 Å². The Morgan fingerprint density at radius 2 is 2.08 bits per heavy atom. The van der Waals surface area contributed by atoms with Crippen LogP contribution in [0.4, 0.5) is 11.4 Å². The maximum atomic E-state index is 12.1. The van der Waals surface area contributed by atoms with E-state index in [1.165, 1.54) is 18.7 Å². The molecule has 0 atom stereocenters. The van der Waals surface area contributed by atoms with Crippen molar-refractivity contribution in [1.29, 1.82) is 0 Å². The summed E-state index contributed by atoms with van der Waals surface area (Å²) in [6, 6.07) is 5.13. The van der Waals surface area contributed by atoms with Gasteiger partial charge >= 0.3 is 0 Å². The molecule has 0 spiro atoms. The number of hydrogen-bond donors (Lipinski definition) is 2. The first kappa shape index (κ1) is 18.3. The van der Waals surface area contributed by atoms with E-state index in [-0.39, 0.29) is 23.6 Å². The van der Waals surface area contributed by atoms with Crippen LogP contribution in [0.3, 0.4) is 0 Å². The van der Waals surface area contributed by atoms with Crippen LogP contribution in [0.5, 0.6) is 0 Å². The molecule has 0 fully saturated rings. The van der Waals surface area contributed by atoms with Crippen molar-refractivity contribution in [3.05, 3.63) is 29.5 Å². The highest BCUT2D eigenvalue weighted by Crippen LogP contribution is 2.26. The molecule has 2 N–H and O–H groups in total. The van der Waals surface area contributed by atoms with E-state index in [2.05, 4.69) is 20.8 Å². The van der Waals surface area contributed by atoms with Crippen LogP contribution in [-0.4, -0.2) is 32.3 Å². The highest BCUT2D eigenvalue weighted by atomic mass is 35.5. The summed E-state index contributed by atoms with van der Waals surface area (Å²) in [6.07, 6.45) is 1.64. The highest BCUT2D eigenvalue weighted by Gasteiger charge is 2.11. The lowest BCUT2D eigenvalue weighted by Crippen LogP contribution is -2.15. The van der Waals surface area contributed by atoms with Crippen molar-refractivity contribution in [3.63, 3.8) is 0 Å². The van der Waals surface area contributed by atoms with E-state index in [1.807, 2.05) is 18.4 Å². The zero-order valence-electron chi connectivity index (χ0n) is 13.5.